The van der Waals surface area contributed by atoms with Crippen molar-refractivity contribution in [3.63, 3.8) is 0 Å². The van der Waals surface area contributed by atoms with Crippen molar-refractivity contribution in [3.05, 3.63) is 64.0 Å². The van der Waals surface area contributed by atoms with E-state index in [1.54, 1.807) is 0 Å². The maximum atomic E-state index is 13.5. The number of non-ortho nitro benzene ring substituents is 1. The summed E-state index contributed by atoms with van der Waals surface area (Å²) in [5.41, 5.74) is -0.0100. The normalized spacial score (nSPS) is 10.1. The van der Waals surface area contributed by atoms with Gasteiger partial charge >= 0.3 is 0 Å². The Bertz CT molecular complexity index is 717. The van der Waals surface area contributed by atoms with Gasteiger partial charge in [-0.2, -0.15) is 0 Å². The Labute approximate surface area is 125 Å². The molecule has 0 bridgehead atoms. The van der Waals surface area contributed by atoms with Gasteiger partial charge in [-0.1, -0.05) is 6.07 Å². The highest BCUT2D eigenvalue weighted by Crippen LogP contribution is 2.20. The third kappa shape index (κ3) is 3.57. The highest BCUT2D eigenvalue weighted by atomic mass is 19.1. The number of hydrogen-bond donors (Lipinski definition) is 0. The lowest BCUT2D eigenvalue weighted by Gasteiger charge is -2.07. The lowest BCUT2D eigenvalue weighted by atomic mass is 10.1. The molecule has 2 aromatic rings. The van der Waals surface area contributed by atoms with E-state index in [0.717, 1.165) is 6.07 Å². The summed E-state index contributed by atoms with van der Waals surface area (Å²) in [4.78, 5) is 22.0. The van der Waals surface area contributed by atoms with Gasteiger partial charge in [0.1, 0.15) is 5.75 Å². The number of rotatable bonds is 6. The van der Waals surface area contributed by atoms with Crippen molar-refractivity contribution in [2.24, 2.45) is 0 Å². The first kappa shape index (κ1) is 15.4. The zero-order valence-corrected chi connectivity index (χ0v) is 11.6. The number of nitro groups is 1. The zero-order chi connectivity index (χ0) is 16.1. The predicted octanol–water partition coefficient (Wildman–Crippen LogP) is 3.00. The maximum absolute atomic E-state index is 13.5. The first-order chi connectivity index (χ1) is 10.5. The van der Waals surface area contributed by atoms with Crippen LogP contribution in [0.25, 0.3) is 0 Å². The average Bonchev–Trinajstić information content (AvgIpc) is 2.52. The number of ketones is 1. The van der Waals surface area contributed by atoms with E-state index in [9.17, 15) is 19.3 Å². The zero-order valence-electron chi connectivity index (χ0n) is 11.6. The van der Waals surface area contributed by atoms with Crippen molar-refractivity contribution in [1.29, 1.82) is 0 Å². The van der Waals surface area contributed by atoms with Crippen LogP contribution < -0.4 is 9.47 Å². The quantitative estimate of drug-likeness (QED) is 0.465. The Kier molecular flexibility index (Phi) is 4.67. The minimum atomic E-state index is -0.649. The number of hydrogen-bond acceptors (Lipinski definition) is 5. The van der Waals surface area contributed by atoms with E-state index < -0.39 is 16.5 Å². The fourth-order valence-electron chi connectivity index (χ4n) is 1.76. The number of carbonyl (C=O) groups excluding carboxylic acids is 1. The lowest BCUT2D eigenvalue weighted by molar-refractivity contribution is -0.384. The number of carbonyl (C=O) groups is 1. The summed E-state index contributed by atoms with van der Waals surface area (Å²) >= 11 is 0. The molecule has 6 nitrogen and oxygen atoms in total. The molecule has 114 valence electrons. The standard InChI is InChI=1S/C15H12FNO5/c1-21-15-6-5-10(7-13(15)16)14(18)9-22-12-4-2-3-11(8-12)17(19)20/h2-8H,9H2,1H3. The SMILES string of the molecule is COc1ccc(C(=O)COc2cccc([N+](=O)[O-])c2)cc1F. The lowest BCUT2D eigenvalue weighted by Crippen LogP contribution is -2.12. The second kappa shape index (κ2) is 6.66. The van der Waals surface area contributed by atoms with E-state index >= 15 is 0 Å². The highest BCUT2D eigenvalue weighted by molar-refractivity contribution is 5.97. The monoisotopic (exact) mass is 305 g/mol. The molecule has 0 aliphatic rings. The maximum Gasteiger partial charge on any atom is 0.273 e. The van der Waals surface area contributed by atoms with Crippen molar-refractivity contribution in [1.82, 2.24) is 0 Å². The summed E-state index contributed by atoms with van der Waals surface area (Å²) in [7, 11) is 1.32. The fraction of sp³-hybridized carbons (Fsp3) is 0.133. The van der Waals surface area contributed by atoms with Gasteiger partial charge in [-0.15, -0.1) is 0 Å². The van der Waals surface area contributed by atoms with Crippen molar-refractivity contribution in [2.75, 3.05) is 13.7 Å². The van der Waals surface area contributed by atoms with E-state index in [1.807, 2.05) is 0 Å². The van der Waals surface area contributed by atoms with Crippen LogP contribution in [0.4, 0.5) is 10.1 Å². The van der Waals surface area contributed by atoms with Crippen molar-refractivity contribution in [3.8, 4) is 11.5 Å². The van der Waals surface area contributed by atoms with Crippen LogP contribution in [0.1, 0.15) is 10.4 Å². The number of benzene rings is 2. The molecule has 0 spiro atoms. The van der Waals surface area contributed by atoms with Gasteiger partial charge in [-0.3, -0.25) is 14.9 Å². The van der Waals surface area contributed by atoms with E-state index in [1.165, 1.54) is 43.5 Å². The summed E-state index contributed by atoms with van der Waals surface area (Å²) in [5, 5.41) is 10.6. The molecule has 2 aromatic carbocycles. The Morgan fingerprint density at radius 2 is 2.05 bits per heavy atom. The smallest absolute Gasteiger partial charge is 0.273 e. The Morgan fingerprint density at radius 3 is 2.68 bits per heavy atom. The third-order valence-electron chi connectivity index (χ3n) is 2.87. The number of nitrogens with zero attached hydrogens (tertiary/aromatic N) is 1. The summed E-state index contributed by atoms with van der Waals surface area (Å²) < 4.78 is 23.5. The number of halogens is 1. The molecule has 0 aliphatic heterocycles. The van der Waals surface area contributed by atoms with Crippen LogP contribution in [-0.2, 0) is 0 Å². The second-order valence-electron chi connectivity index (χ2n) is 4.32. The fourth-order valence-corrected chi connectivity index (χ4v) is 1.76. The molecule has 0 saturated heterocycles. The summed E-state index contributed by atoms with van der Waals surface area (Å²) in [5.74, 6) is -0.871. The van der Waals surface area contributed by atoms with Gasteiger partial charge in [-0.25, -0.2) is 4.39 Å². The molecule has 0 atom stereocenters. The molecule has 2 rings (SSSR count). The van der Waals surface area contributed by atoms with Crippen LogP contribution in [0.15, 0.2) is 42.5 Å². The molecular weight excluding hydrogens is 293 g/mol. The summed E-state index contributed by atoms with van der Waals surface area (Å²) in [6.07, 6.45) is 0. The van der Waals surface area contributed by atoms with Crippen LogP contribution in [0, 0.1) is 15.9 Å². The Morgan fingerprint density at radius 1 is 1.27 bits per heavy atom. The first-order valence-corrected chi connectivity index (χ1v) is 6.25. The number of ether oxygens (including phenoxy) is 2. The minimum Gasteiger partial charge on any atom is -0.494 e. The Balaban J connectivity index is 2.05. The van der Waals surface area contributed by atoms with Crippen LogP contribution in [0.5, 0.6) is 11.5 Å². The number of methoxy groups -OCH3 is 1. The van der Waals surface area contributed by atoms with Gasteiger partial charge in [0.15, 0.2) is 24.0 Å². The molecule has 22 heavy (non-hydrogen) atoms. The van der Waals surface area contributed by atoms with Crippen LogP contribution in [0.2, 0.25) is 0 Å². The molecule has 0 aliphatic carbocycles. The molecule has 0 radical (unpaired) electrons. The largest absolute Gasteiger partial charge is 0.494 e. The van der Waals surface area contributed by atoms with E-state index in [-0.39, 0.29) is 29.4 Å². The molecule has 0 unspecified atom stereocenters. The van der Waals surface area contributed by atoms with Crippen molar-refractivity contribution >= 4 is 11.5 Å². The summed E-state index contributed by atoms with van der Waals surface area (Å²) in [6, 6.07) is 9.28. The van der Waals surface area contributed by atoms with Gasteiger partial charge in [-0.05, 0) is 24.3 Å². The molecule has 0 heterocycles. The molecule has 0 N–H and O–H groups in total. The van der Waals surface area contributed by atoms with Crippen molar-refractivity contribution < 1.29 is 23.6 Å². The van der Waals surface area contributed by atoms with E-state index in [2.05, 4.69) is 0 Å². The van der Waals surface area contributed by atoms with E-state index in [4.69, 9.17) is 9.47 Å². The molecule has 7 heteroatoms. The summed E-state index contributed by atoms with van der Waals surface area (Å²) in [6.45, 7) is -0.354. The molecule has 0 aromatic heterocycles. The van der Waals surface area contributed by atoms with Crippen LogP contribution in [0.3, 0.4) is 0 Å². The Hall–Kier alpha value is -2.96. The van der Waals surface area contributed by atoms with Gasteiger partial charge < -0.3 is 9.47 Å². The number of nitro benzene ring substituents is 1. The van der Waals surface area contributed by atoms with Gasteiger partial charge in [0, 0.05) is 11.6 Å². The predicted molar refractivity (Wildman–Crippen MR) is 75.9 cm³/mol. The van der Waals surface area contributed by atoms with Gasteiger partial charge in [0.25, 0.3) is 5.69 Å². The number of Topliss-reactive ketones (excluding diaryl/α,β-unsaturated/α-hetero) is 1. The van der Waals surface area contributed by atoms with E-state index in [0.29, 0.717) is 0 Å². The second-order valence-corrected chi connectivity index (χ2v) is 4.32. The minimum absolute atomic E-state index is 0.0381. The van der Waals surface area contributed by atoms with Gasteiger partial charge in [0.05, 0.1) is 18.1 Å². The average molecular weight is 305 g/mol. The van der Waals surface area contributed by atoms with Crippen LogP contribution in [-0.4, -0.2) is 24.4 Å². The molecule has 0 amide bonds. The third-order valence-corrected chi connectivity index (χ3v) is 2.87. The van der Waals surface area contributed by atoms with Crippen LogP contribution >= 0.6 is 0 Å². The molecule has 0 fully saturated rings. The highest BCUT2D eigenvalue weighted by Gasteiger charge is 2.12. The topological polar surface area (TPSA) is 78.7 Å². The van der Waals surface area contributed by atoms with Gasteiger partial charge in [0.2, 0.25) is 0 Å². The molecule has 0 saturated carbocycles. The molecular formula is C15H12FNO5. The first-order valence-electron chi connectivity index (χ1n) is 6.25. The van der Waals surface area contributed by atoms with Crippen molar-refractivity contribution in [2.45, 2.75) is 0 Å².